The van der Waals surface area contributed by atoms with Gasteiger partial charge < -0.3 is 14.9 Å². The molecule has 0 aromatic heterocycles. The van der Waals surface area contributed by atoms with E-state index in [0.717, 1.165) is 25.7 Å². The van der Waals surface area contributed by atoms with Crippen LogP contribution >= 0.6 is 0 Å². The summed E-state index contributed by atoms with van der Waals surface area (Å²) >= 11 is 0. The van der Waals surface area contributed by atoms with Gasteiger partial charge in [0, 0.05) is 13.2 Å². The molecule has 0 bridgehead atoms. The molecule has 0 aliphatic heterocycles. The fourth-order valence-corrected chi connectivity index (χ4v) is 1.47. The van der Waals surface area contributed by atoms with Gasteiger partial charge in [0.15, 0.2) is 0 Å². The zero-order valence-electron chi connectivity index (χ0n) is 11.2. The maximum Gasteiger partial charge on any atom is 0.0653 e. The molecule has 0 aromatic carbocycles. The van der Waals surface area contributed by atoms with Crippen molar-refractivity contribution in [3.63, 3.8) is 0 Å². The van der Waals surface area contributed by atoms with Gasteiger partial charge in [-0.1, -0.05) is 13.8 Å². The summed E-state index contributed by atoms with van der Waals surface area (Å²) in [6.07, 6.45) is 3.42. The minimum Gasteiger partial charge on any atom is -0.396 e. The number of aliphatic hydroxyl groups excluding tert-OH is 2. The van der Waals surface area contributed by atoms with E-state index in [1.54, 1.807) is 0 Å². The lowest BCUT2D eigenvalue weighted by Gasteiger charge is -2.34. The van der Waals surface area contributed by atoms with E-state index in [1.807, 2.05) is 0 Å². The zero-order valence-corrected chi connectivity index (χ0v) is 11.2. The topological polar surface area (TPSA) is 49.7 Å². The maximum absolute atomic E-state index is 8.84. The van der Waals surface area contributed by atoms with Crippen molar-refractivity contribution in [2.45, 2.75) is 65.1 Å². The second kappa shape index (κ2) is 8.04. The Labute approximate surface area is 99.8 Å². The van der Waals surface area contributed by atoms with Gasteiger partial charge >= 0.3 is 0 Å². The Morgan fingerprint density at radius 2 is 1.44 bits per heavy atom. The highest BCUT2D eigenvalue weighted by molar-refractivity contribution is 4.75. The third-order valence-electron chi connectivity index (χ3n) is 3.23. The molecule has 0 unspecified atom stereocenters. The van der Waals surface area contributed by atoms with E-state index in [4.69, 9.17) is 14.9 Å². The van der Waals surface area contributed by atoms with Crippen LogP contribution in [0.15, 0.2) is 0 Å². The fraction of sp³-hybridized carbons (Fsp3) is 1.00. The first kappa shape index (κ1) is 15.9. The van der Waals surface area contributed by atoms with Gasteiger partial charge in [-0.25, -0.2) is 0 Å². The van der Waals surface area contributed by atoms with Gasteiger partial charge in [0.2, 0.25) is 0 Å². The Kier molecular flexibility index (Phi) is 7.98. The van der Waals surface area contributed by atoms with Crippen LogP contribution in [0.3, 0.4) is 0 Å². The van der Waals surface area contributed by atoms with E-state index in [0.29, 0.717) is 5.92 Å². The first-order valence-electron chi connectivity index (χ1n) is 6.33. The molecule has 16 heavy (non-hydrogen) atoms. The molecular weight excluding hydrogens is 204 g/mol. The molecule has 0 aromatic rings. The Morgan fingerprint density at radius 3 is 1.75 bits per heavy atom. The van der Waals surface area contributed by atoms with Gasteiger partial charge in [-0.15, -0.1) is 0 Å². The van der Waals surface area contributed by atoms with E-state index in [9.17, 15) is 0 Å². The summed E-state index contributed by atoms with van der Waals surface area (Å²) < 4.78 is 6.08. The third kappa shape index (κ3) is 6.46. The highest BCUT2D eigenvalue weighted by Crippen LogP contribution is 2.25. The van der Waals surface area contributed by atoms with Crippen LogP contribution in [0.4, 0.5) is 0 Å². The first-order valence-corrected chi connectivity index (χ1v) is 6.33. The van der Waals surface area contributed by atoms with E-state index < -0.39 is 0 Å². The molecule has 0 spiro atoms. The summed E-state index contributed by atoms with van der Waals surface area (Å²) in [5.41, 5.74) is -0.143. The van der Waals surface area contributed by atoms with Crippen molar-refractivity contribution in [3.8, 4) is 0 Å². The van der Waals surface area contributed by atoms with Crippen LogP contribution in [0.2, 0.25) is 0 Å². The van der Waals surface area contributed by atoms with Crippen molar-refractivity contribution in [2.24, 2.45) is 5.92 Å². The van der Waals surface area contributed by atoms with E-state index in [1.165, 1.54) is 0 Å². The van der Waals surface area contributed by atoms with Crippen LogP contribution in [0, 0.1) is 5.92 Å². The largest absolute Gasteiger partial charge is 0.396 e. The van der Waals surface area contributed by atoms with E-state index >= 15 is 0 Å². The SMILES string of the molecule is CC(C)C(C)(C)OC(CCCO)CCCO. The standard InChI is InChI=1S/C13H28O3/c1-11(2)13(3,4)16-12(7-5-9-14)8-6-10-15/h11-12,14-15H,5-10H2,1-4H3. The fourth-order valence-electron chi connectivity index (χ4n) is 1.47. The summed E-state index contributed by atoms with van der Waals surface area (Å²) in [7, 11) is 0. The van der Waals surface area contributed by atoms with Crippen LogP contribution in [-0.4, -0.2) is 35.1 Å². The Hall–Kier alpha value is -0.120. The smallest absolute Gasteiger partial charge is 0.0653 e. The van der Waals surface area contributed by atoms with Gasteiger partial charge in [-0.2, -0.15) is 0 Å². The molecule has 3 nitrogen and oxygen atoms in total. The lowest BCUT2D eigenvalue weighted by atomic mass is 9.93. The van der Waals surface area contributed by atoms with Crippen LogP contribution < -0.4 is 0 Å². The highest BCUT2D eigenvalue weighted by Gasteiger charge is 2.26. The Morgan fingerprint density at radius 1 is 1.00 bits per heavy atom. The Bertz CT molecular complexity index is 159. The molecular formula is C13H28O3. The number of rotatable bonds is 9. The average molecular weight is 232 g/mol. The van der Waals surface area contributed by atoms with Crippen LogP contribution in [0.1, 0.15) is 53.4 Å². The molecule has 2 N–H and O–H groups in total. The molecule has 0 atom stereocenters. The summed E-state index contributed by atoms with van der Waals surface area (Å²) in [4.78, 5) is 0. The molecule has 0 aliphatic carbocycles. The molecule has 0 aliphatic rings. The van der Waals surface area contributed by atoms with Gasteiger partial charge in [0.25, 0.3) is 0 Å². The van der Waals surface area contributed by atoms with Gasteiger partial charge in [0.05, 0.1) is 11.7 Å². The molecule has 0 radical (unpaired) electrons. The Balaban J connectivity index is 4.17. The van der Waals surface area contributed by atoms with Crippen molar-refractivity contribution in [3.05, 3.63) is 0 Å². The summed E-state index contributed by atoms with van der Waals surface area (Å²) in [6.45, 7) is 8.91. The van der Waals surface area contributed by atoms with Crippen LogP contribution in [-0.2, 0) is 4.74 Å². The minimum atomic E-state index is -0.143. The molecule has 0 rings (SSSR count). The van der Waals surface area contributed by atoms with E-state index in [2.05, 4.69) is 27.7 Å². The van der Waals surface area contributed by atoms with Crippen molar-refractivity contribution < 1.29 is 14.9 Å². The minimum absolute atomic E-state index is 0.143. The zero-order chi connectivity index (χ0) is 12.6. The van der Waals surface area contributed by atoms with Crippen molar-refractivity contribution in [1.29, 1.82) is 0 Å². The van der Waals surface area contributed by atoms with E-state index in [-0.39, 0.29) is 24.9 Å². The van der Waals surface area contributed by atoms with Crippen molar-refractivity contribution in [2.75, 3.05) is 13.2 Å². The molecule has 0 fully saturated rings. The monoisotopic (exact) mass is 232 g/mol. The number of ether oxygens (including phenoxy) is 1. The predicted molar refractivity (Wildman–Crippen MR) is 66.4 cm³/mol. The van der Waals surface area contributed by atoms with Crippen LogP contribution in [0.25, 0.3) is 0 Å². The van der Waals surface area contributed by atoms with Gasteiger partial charge in [0.1, 0.15) is 0 Å². The highest BCUT2D eigenvalue weighted by atomic mass is 16.5. The quantitative estimate of drug-likeness (QED) is 0.641. The van der Waals surface area contributed by atoms with Gasteiger partial charge in [-0.3, -0.25) is 0 Å². The average Bonchev–Trinajstić information content (AvgIpc) is 2.21. The second-order valence-electron chi connectivity index (χ2n) is 5.23. The molecule has 0 amide bonds. The lowest BCUT2D eigenvalue weighted by Crippen LogP contribution is -2.36. The molecule has 98 valence electrons. The number of aliphatic hydroxyl groups is 2. The molecule has 0 saturated heterocycles. The van der Waals surface area contributed by atoms with Gasteiger partial charge in [-0.05, 0) is 45.4 Å². The maximum atomic E-state index is 8.84. The second-order valence-corrected chi connectivity index (χ2v) is 5.23. The predicted octanol–water partition coefficient (Wildman–Crippen LogP) is 2.35. The lowest BCUT2D eigenvalue weighted by molar-refractivity contribution is -0.105. The number of hydrogen-bond donors (Lipinski definition) is 2. The summed E-state index contributed by atoms with van der Waals surface area (Å²) in [5.74, 6) is 0.457. The summed E-state index contributed by atoms with van der Waals surface area (Å²) in [6, 6.07) is 0. The van der Waals surface area contributed by atoms with Crippen molar-refractivity contribution >= 4 is 0 Å². The van der Waals surface area contributed by atoms with Crippen LogP contribution in [0.5, 0.6) is 0 Å². The number of hydrogen-bond acceptors (Lipinski definition) is 3. The molecule has 0 heterocycles. The summed E-state index contributed by atoms with van der Waals surface area (Å²) in [5, 5.41) is 17.7. The first-order chi connectivity index (χ1) is 7.44. The normalized spacial score (nSPS) is 12.8. The third-order valence-corrected chi connectivity index (χ3v) is 3.23. The molecule has 0 saturated carbocycles. The van der Waals surface area contributed by atoms with Crippen molar-refractivity contribution in [1.82, 2.24) is 0 Å². The molecule has 3 heteroatoms.